The molecule has 0 aliphatic carbocycles. The molecule has 2 aromatic carbocycles. The first kappa shape index (κ1) is 26.4. The number of piperidine rings is 1. The van der Waals surface area contributed by atoms with Gasteiger partial charge in [0.2, 0.25) is 0 Å². The Morgan fingerprint density at radius 2 is 1.86 bits per heavy atom. The lowest BCUT2D eigenvalue weighted by atomic mass is 9.73. The Morgan fingerprint density at radius 1 is 1.08 bits per heavy atom. The van der Waals surface area contributed by atoms with Crippen LogP contribution in [-0.2, 0) is 10.3 Å². The second-order valence-electron chi connectivity index (χ2n) is 9.97. The molecule has 0 aromatic heterocycles. The van der Waals surface area contributed by atoms with Gasteiger partial charge in [0, 0.05) is 57.4 Å². The van der Waals surface area contributed by atoms with Gasteiger partial charge in [0.25, 0.3) is 0 Å². The summed E-state index contributed by atoms with van der Waals surface area (Å²) >= 11 is 0. The number of methoxy groups -OCH3 is 1. The van der Waals surface area contributed by atoms with Crippen LogP contribution in [0.5, 0.6) is 11.5 Å². The number of nitrogens with two attached hydrogens (primary N) is 1. The number of hydrogen-bond acceptors (Lipinski definition) is 5. The minimum atomic E-state index is -1.37. The third-order valence-corrected chi connectivity index (χ3v) is 7.42. The van der Waals surface area contributed by atoms with Crippen LogP contribution >= 0.6 is 0 Å². The predicted molar refractivity (Wildman–Crippen MR) is 136 cm³/mol. The third-order valence-electron chi connectivity index (χ3n) is 7.42. The number of urea groups is 1. The molecule has 196 valence electrons. The maximum Gasteiger partial charge on any atom is 0.320 e. The monoisotopic (exact) mass is 499 g/mol. The van der Waals surface area contributed by atoms with Gasteiger partial charge in [-0.3, -0.25) is 0 Å². The van der Waals surface area contributed by atoms with Crippen molar-refractivity contribution < 1.29 is 23.8 Å². The average molecular weight is 500 g/mol. The SMILES string of the molecule is COCCCC[C@@](O)(c1cccc(F)c1Oc1ccccc1)[C@@H]1CCCN(C(=O)N2CC[C@H](N)C2)C1. The Kier molecular flexibility index (Phi) is 8.82. The van der Waals surface area contributed by atoms with Gasteiger partial charge in [-0.25, -0.2) is 9.18 Å². The normalized spacial score (nSPS) is 21.9. The lowest BCUT2D eigenvalue weighted by Gasteiger charge is -2.44. The minimum Gasteiger partial charge on any atom is -0.454 e. The Labute approximate surface area is 213 Å². The van der Waals surface area contributed by atoms with E-state index < -0.39 is 11.4 Å². The van der Waals surface area contributed by atoms with Gasteiger partial charge in [0.05, 0.1) is 5.60 Å². The van der Waals surface area contributed by atoms with Crippen LogP contribution in [0.15, 0.2) is 48.5 Å². The van der Waals surface area contributed by atoms with Crippen LogP contribution in [0.1, 0.15) is 44.1 Å². The smallest absolute Gasteiger partial charge is 0.320 e. The summed E-state index contributed by atoms with van der Waals surface area (Å²) in [6, 6.07) is 13.7. The number of unbranched alkanes of at least 4 members (excludes halogenated alkanes) is 1. The van der Waals surface area contributed by atoms with Crippen LogP contribution in [0.2, 0.25) is 0 Å². The molecular weight excluding hydrogens is 461 g/mol. The van der Waals surface area contributed by atoms with Gasteiger partial charge in [-0.05, 0) is 56.7 Å². The Morgan fingerprint density at radius 3 is 2.58 bits per heavy atom. The zero-order chi connectivity index (χ0) is 25.5. The number of benzene rings is 2. The molecule has 0 spiro atoms. The maximum absolute atomic E-state index is 15.2. The Balaban J connectivity index is 1.63. The number of amides is 2. The number of carbonyl (C=O) groups excluding carboxylic acids is 1. The number of para-hydroxylation sites is 2. The first-order valence-electron chi connectivity index (χ1n) is 12.9. The fourth-order valence-corrected chi connectivity index (χ4v) is 5.46. The molecule has 3 N–H and O–H groups in total. The molecule has 36 heavy (non-hydrogen) atoms. The fourth-order valence-electron chi connectivity index (χ4n) is 5.46. The number of carbonyl (C=O) groups is 1. The number of halogens is 1. The molecule has 4 rings (SSSR count). The van der Waals surface area contributed by atoms with Gasteiger partial charge in [-0.1, -0.05) is 30.3 Å². The average Bonchev–Trinajstić information content (AvgIpc) is 3.34. The summed E-state index contributed by atoms with van der Waals surface area (Å²) < 4.78 is 26.4. The minimum absolute atomic E-state index is 0.0113. The van der Waals surface area contributed by atoms with E-state index in [9.17, 15) is 9.90 Å². The van der Waals surface area contributed by atoms with Gasteiger partial charge in [-0.15, -0.1) is 0 Å². The molecule has 2 fully saturated rings. The summed E-state index contributed by atoms with van der Waals surface area (Å²) in [6.07, 6.45) is 4.16. The van der Waals surface area contributed by atoms with Gasteiger partial charge in [0.1, 0.15) is 5.75 Å². The molecule has 0 saturated carbocycles. The Hall–Kier alpha value is -2.68. The fraction of sp³-hybridized carbons (Fsp3) is 0.536. The maximum atomic E-state index is 15.2. The highest BCUT2D eigenvalue weighted by molar-refractivity contribution is 5.75. The lowest BCUT2D eigenvalue weighted by molar-refractivity contribution is -0.0589. The first-order valence-corrected chi connectivity index (χ1v) is 12.9. The number of likely N-dealkylation sites (tertiary alicyclic amines) is 2. The van der Waals surface area contributed by atoms with E-state index in [4.69, 9.17) is 15.2 Å². The molecule has 2 aliphatic rings. The molecule has 2 aliphatic heterocycles. The van der Waals surface area contributed by atoms with E-state index >= 15 is 4.39 Å². The third kappa shape index (κ3) is 5.99. The van der Waals surface area contributed by atoms with Crippen molar-refractivity contribution in [1.29, 1.82) is 0 Å². The topological polar surface area (TPSA) is 88.3 Å². The molecule has 0 unspecified atom stereocenters. The van der Waals surface area contributed by atoms with Gasteiger partial charge < -0.3 is 30.1 Å². The molecule has 0 radical (unpaired) electrons. The highest BCUT2D eigenvalue weighted by Gasteiger charge is 2.44. The molecule has 2 amide bonds. The number of rotatable bonds is 9. The van der Waals surface area contributed by atoms with E-state index in [0.717, 1.165) is 25.7 Å². The Bertz CT molecular complexity index is 1010. The van der Waals surface area contributed by atoms with Crippen LogP contribution in [0.4, 0.5) is 9.18 Å². The van der Waals surface area contributed by atoms with Crippen molar-refractivity contribution in [2.45, 2.75) is 50.2 Å². The second-order valence-corrected chi connectivity index (χ2v) is 9.97. The van der Waals surface area contributed by atoms with Crippen molar-refractivity contribution in [2.75, 3.05) is 39.9 Å². The molecule has 2 heterocycles. The summed E-state index contributed by atoms with van der Waals surface area (Å²) in [5.74, 6) is -0.265. The standard InChI is InChI=1S/C28H38FN3O4/c1-35-18-6-5-15-28(34,21-9-8-16-31(19-21)27(33)32-17-14-22(30)20-32)24-12-7-13-25(29)26(24)36-23-10-3-2-4-11-23/h2-4,7,10-13,21-22,34H,5-6,8-9,14-20,30H2,1H3/t21-,22+,28+/m1/s1. The molecule has 7 nitrogen and oxygen atoms in total. The zero-order valence-corrected chi connectivity index (χ0v) is 21.1. The quantitative estimate of drug-likeness (QED) is 0.497. The van der Waals surface area contributed by atoms with Crippen LogP contribution in [-0.4, -0.2) is 66.9 Å². The number of nitrogens with zero attached hydrogens (tertiary/aromatic N) is 2. The summed E-state index contributed by atoms with van der Waals surface area (Å²) in [5.41, 5.74) is 5.07. The number of hydrogen-bond donors (Lipinski definition) is 2. The van der Waals surface area contributed by atoms with E-state index in [-0.39, 0.29) is 23.7 Å². The molecule has 2 aromatic rings. The zero-order valence-electron chi connectivity index (χ0n) is 21.1. The van der Waals surface area contributed by atoms with Gasteiger partial charge >= 0.3 is 6.03 Å². The number of aliphatic hydroxyl groups is 1. The lowest BCUT2D eigenvalue weighted by Crippen LogP contribution is -2.51. The largest absolute Gasteiger partial charge is 0.454 e. The van der Waals surface area contributed by atoms with E-state index in [2.05, 4.69) is 0 Å². The molecule has 0 bridgehead atoms. The molecular formula is C28H38FN3O4. The van der Waals surface area contributed by atoms with Gasteiger partial charge in [-0.2, -0.15) is 0 Å². The molecule has 3 atom stereocenters. The van der Waals surface area contributed by atoms with E-state index in [1.54, 1.807) is 36.3 Å². The van der Waals surface area contributed by atoms with E-state index in [0.29, 0.717) is 56.9 Å². The van der Waals surface area contributed by atoms with Crippen molar-refractivity contribution in [1.82, 2.24) is 9.80 Å². The predicted octanol–water partition coefficient (Wildman–Crippen LogP) is 4.49. The number of ether oxygens (including phenoxy) is 2. The van der Waals surface area contributed by atoms with Crippen molar-refractivity contribution >= 4 is 6.03 Å². The van der Waals surface area contributed by atoms with Gasteiger partial charge in [0.15, 0.2) is 11.6 Å². The first-order chi connectivity index (χ1) is 17.4. The van der Waals surface area contributed by atoms with Crippen molar-refractivity contribution in [3.8, 4) is 11.5 Å². The van der Waals surface area contributed by atoms with Crippen molar-refractivity contribution in [3.05, 3.63) is 59.9 Å². The highest BCUT2D eigenvalue weighted by Crippen LogP contribution is 2.45. The van der Waals surface area contributed by atoms with Crippen LogP contribution in [0.25, 0.3) is 0 Å². The van der Waals surface area contributed by atoms with Crippen LogP contribution < -0.4 is 10.5 Å². The summed E-state index contributed by atoms with van der Waals surface area (Å²) in [4.78, 5) is 16.9. The van der Waals surface area contributed by atoms with Crippen molar-refractivity contribution in [2.24, 2.45) is 11.7 Å². The highest BCUT2D eigenvalue weighted by atomic mass is 19.1. The second kappa shape index (κ2) is 12.0. The molecule has 2 saturated heterocycles. The molecule has 8 heteroatoms. The van der Waals surface area contributed by atoms with Crippen LogP contribution in [0.3, 0.4) is 0 Å². The summed E-state index contributed by atoms with van der Waals surface area (Å²) in [6.45, 7) is 2.82. The summed E-state index contributed by atoms with van der Waals surface area (Å²) in [7, 11) is 1.65. The van der Waals surface area contributed by atoms with Crippen molar-refractivity contribution in [3.63, 3.8) is 0 Å². The van der Waals surface area contributed by atoms with E-state index in [1.807, 2.05) is 23.1 Å². The summed E-state index contributed by atoms with van der Waals surface area (Å²) in [5, 5.41) is 12.3. The van der Waals surface area contributed by atoms with Crippen LogP contribution in [0, 0.1) is 11.7 Å². The van der Waals surface area contributed by atoms with E-state index in [1.165, 1.54) is 6.07 Å².